The first-order chi connectivity index (χ1) is 5.33. The van der Waals surface area contributed by atoms with Gasteiger partial charge in [0, 0.05) is 6.04 Å². The number of aromatic nitrogens is 3. The van der Waals surface area contributed by atoms with Gasteiger partial charge in [-0.15, -0.1) is 0 Å². The summed E-state index contributed by atoms with van der Waals surface area (Å²) in [4.78, 5) is 3.99. The van der Waals surface area contributed by atoms with E-state index < -0.39 is 0 Å². The van der Waals surface area contributed by atoms with E-state index in [4.69, 9.17) is 0 Å². The molecular weight excluding hydrogens is 140 g/mol. The molecule has 1 unspecified atom stereocenters. The van der Waals surface area contributed by atoms with Gasteiger partial charge in [-0.1, -0.05) is 6.92 Å². The van der Waals surface area contributed by atoms with Crippen LogP contribution in [0.3, 0.4) is 0 Å². The SMILES string of the molecule is CCC(C)NCc1ncn[nH]1. The van der Waals surface area contributed by atoms with Crippen LogP contribution < -0.4 is 5.32 Å². The highest BCUT2D eigenvalue weighted by Gasteiger charge is 1.98. The third-order valence-corrected chi connectivity index (χ3v) is 1.70. The summed E-state index contributed by atoms with van der Waals surface area (Å²) in [5, 5.41) is 9.84. The summed E-state index contributed by atoms with van der Waals surface area (Å²) in [7, 11) is 0. The van der Waals surface area contributed by atoms with Gasteiger partial charge in [0.15, 0.2) is 0 Å². The van der Waals surface area contributed by atoms with E-state index in [1.54, 1.807) is 0 Å². The van der Waals surface area contributed by atoms with E-state index in [1.165, 1.54) is 6.33 Å². The molecule has 0 spiro atoms. The molecule has 4 nitrogen and oxygen atoms in total. The predicted molar refractivity (Wildman–Crippen MR) is 43.0 cm³/mol. The van der Waals surface area contributed by atoms with Gasteiger partial charge < -0.3 is 5.32 Å². The van der Waals surface area contributed by atoms with Crippen molar-refractivity contribution in [2.45, 2.75) is 32.9 Å². The monoisotopic (exact) mass is 154 g/mol. The van der Waals surface area contributed by atoms with Crippen LogP contribution in [0, 0.1) is 0 Å². The van der Waals surface area contributed by atoms with E-state index in [-0.39, 0.29) is 0 Å². The molecule has 1 aromatic rings. The number of rotatable bonds is 4. The van der Waals surface area contributed by atoms with Crippen LogP contribution in [0.2, 0.25) is 0 Å². The average Bonchev–Trinajstić information content (AvgIpc) is 2.52. The molecule has 1 rings (SSSR count). The Morgan fingerprint density at radius 2 is 2.55 bits per heavy atom. The fourth-order valence-corrected chi connectivity index (χ4v) is 0.731. The van der Waals surface area contributed by atoms with E-state index in [9.17, 15) is 0 Å². The van der Waals surface area contributed by atoms with E-state index in [0.29, 0.717) is 6.04 Å². The first-order valence-electron chi connectivity index (χ1n) is 3.90. The summed E-state index contributed by atoms with van der Waals surface area (Å²) < 4.78 is 0. The fraction of sp³-hybridized carbons (Fsp3) is 0.714. The molecule has 0 aliphatic carbocycles. The van der Waals surface area contributed by atoms with E-state index in [0.717, 1.165) is 18.8 Å². The maximum atomic E-state index is 3.99. The molecule has 62 valence electrons. The Bertz CT molecular complexity index is 182. The number of nitrogens with zero attached hydrogens (tertiary/aromatic N) is 2. The highest BCUT2D eigenvalue weighted by Crippen LogP contribution is 1.90. The molecule has 0 fully saturated rings. The third kappa shape index (κ3) is 2.67. The maximum absolute atomic E-state index is 3.99. The lowest BCUT2D eigenvalue weighted by atomic mass is 10.2. The minimum Gasteiger partial charge on any atom is -0.307 e. The van der Waals surface area contributed by atoms with Crippen LogP contribution in [0.5, 0.6) is 0 Å². The van der Waals surface area contributed by atoms with Crippen molar-refractivity contribution >= 4 is 0 Å². The van der Waals surface area contributed by atoms with Gasteiger partial charge in [-0.05, 0) is 13.3 Å². The van der Waals surface area contributed by atoms with Crippen LogP contribution in [-0.4, -0.2) is 21.2 Å². The molecule has 11 heavy (non-hydrogen) atoms. The van der Waals surface area contributed by atoms with Crippen molar-refractivity contribution in [3.63, 3.8) is 0 Å². The second kappa shape index (κ2) is 4.08. The second-order valence-electron chi connectivity index (χ2n) is 2.62. The first-order valence-corrected chi connectivity index (χ1v) is 3.90. The minimum absolute atomic E-state index is 0.542. The summed E-state index contributed by atoms with van der Waals surface area (Å²) in [5.74, 6) is 0.894. The normalized spacial score (nSPS) is 13.3. The van der Waals surface area contributed by atoms with Crippen molar-refractivity contribution in [2.75, 3.05) is 0 Å². The van der Waals surface area contributed by atoms with E-state index >= 15 is 0 Å². The topological polar surface area (TPSA) is 53.6 Å². The van der Waals surface area contributed by atoms with Gasteiger partial charge in [-0.2, -0.15) is 5.10 Å². The standard InChI is InChI=1S/C7H14N4/c1-3-6(2)8-4-7-9-5-10-11-7/h5-6,8H,3-4H2,1-2H3,(H,9,10,11). The zero-order valence-electron chi connectivity index (χ0n) is 6.96. The van der Waals surface area contributed by atoms with Gasteiger partial charge in [0.1, 0.15) is 12.2 Å². The quantitative estimate of drug-likeness (QED) is 0.671. The van der Waals surface area contributed by atoms with Crippen molar-refractivity contribution < 1.29 is 0 Å². The van der Waals surface area contributed by atoms with Crippen molar-refractivity contribution in [1.29, 1.82) is 0 Å². The lowest BCUT2D eigenvalue weighted by Crippen LogP contribution is -2.24. The summed E-state index contributed by atoms with van der Waals surface area (Å²) >= 11 is 0. The second-order valence-corrected chi connectivity index (χ2v) is 2.62. The van der Waals surface area contributed by atoms with Crippen molar-refractivity contribution in [1.82, 2.24) is 20.5 Å². The Labute approximate surface area is 66.4 Å². The molecule has 4 heteroatoms. The Kier molecular flexibility index (Phi) is 3.04. The molecule has 1 atom stereocenters. The van der Waals surface area contributed by atoms with Gasteiger partial charge in [-0.3, -0.25) is 5.10 Å². The van der Waals surface area contributed by atoms with Crippen LogP contribution in [0.25, 0.3) is 0 Å². The average molecular weight is 154 g/mol. The van der Waals surface area contributed by atoms with Crippen LogP contribution in [0.4, 0.5) is 0 Å². The molecule has 0 aliphatic heterocycles. The fourth-order valence-electron chi connectivity index (χ4n) is 0.731. The molecule has 0 saturated heterocycles. The zero-order chi connectivity index (χ0) is 8.10. The van der Waals surface area contributed by atoms with Crippen molar-refractivity contribution in [3.8, 4) is 0 Å². The number of nitrogens with one attached hydrogen (secondary N) is 2. The van der Waals surface area contributed by atoms with E-state index in [1.807, 2.05) is 0 Å². The molecule has 2 N–H and O–H groups in total. The van der Waals surface area contributed by atoms with E-state index in [2.05, 4.69) is 34.3 Å². The predicted octanol–water partition coefficient (Wildman–Crippen LogP) is 0.693. The molecule has 0 amide bonds. The maximum Gasteiger partial charge on any atom is 0.138 e. The van der Waals surface area contributed by atoms with Gasteiger partial charge >= 0.3 is 0 Å². The van der Waals surface area contributed by atoms with Crippen molar-refractivity contribution in [3.05, 3.63) is 12.2 Å². The molecular formula is C7H14N4. The molecule has 0 radical (unpaired) electrons. The lowest BCUT2D eigenvalue weighted by Gasteiger charge is -2.08. The molecule has 1 heterocycles. The largest absolute Gasteiger partial charge is 0.307 e. The van der Waals surface area contributed by atoms with Crippen molar-refractivity contribution in [2.24, 2.45) is 0 Å². The molecule has 0 saturated carbocycles. The summed E-state index contributed by atoms with van der Waals surface area (Å²) in [6, 6.07) is 0.542. The third-order valence-electron chi connectivity index (χ3n) is 1.70. The molecule has 1 aromatic heterocycles. The summed E-state index contributed by atoms with van der Waals surface area (Å²) in [6.07, 6.45) is 2.65. The lowest BCUT2D eigenvalue weighted by molar-refractivity contribution is 0.523. The zero-order valence-corrected chi connectivity index (χ0v) is 6.96. The van der Waals surface area contributed by atoms with Crippen LogP contribution >= 0.6 is 0 Å². The molecule has 0 aromatic carbocycles. The number of hydrogen-bond donors (Lipinski definition) is 2. The van der Waals surface area contributed by atoms with Gasteiger partial charge in [0.05, 0.1) is 6.54 Å². The van der Waals surface area contributed by atoms with Gasteiger partial charge in [-0.25, -0.2) is 4.98 Å². The Hall–Kier alpha value is -0.900. The summed E-state index contributed by atoms with van der Waals surface area (Å²) in [5.41, 5.74) is 0. The Balaban J connectivity index is 2.23. The number of hydrogen-bond acceptors (Lipinski definition) is 3. The van der Waals surface area contributed by atoms with Crippen LogP contribution in [0.15, 0.2) is 6.33 Å². The minimum atomic E-state index is 0.542. The Morgan fingerprint density at radius 3 is 3.09 bits per heavy atom. The molecule has 0 bridgehead atoms. The smallest absolute Gasteiger partial charge is 0.138 e. The van der Waals surface area contributed by atoms with Gasteiger partial charge in [0.2, 0.25) is 0 Å². The number of H-pyrrole nitrogens is 1. The highest BCUT2D eigenvalue weighted by molar-refractivity contribution is 4.79. The highest BCUT2D eigenvalue weighted by atomic mass is 15.2. The molecule has 0 aliphatic rings. The number of aromatic amines is 1. The first kappa shape index (κ1) is 8.20. The Morgan fingerprint density at radius 1 is 1.73 bits per heavy atom. The summed E-state index contributed by atoms with van der Waals surface area (Å²) in [6.45, 7) is 5.07. The van der Waals surface area contributed by atoms with Crippen LogP contribution in [0.1, 0.15) is 26.1 Å². The van der Waals surface area contributed by atoms with Gasteiger partial charge in [0.25, 0.3) is 0 Å². The van der Waals surface area contributed by atoms with Crippen LogP contribution in [-0.2, 0) is 6.54 Å².